The molecule has 1 aromatic heterocycles. The molecule has 0 bridgehead atoms. The summed E-state index contributed by atoms with van der Waals surface area (Å²) in [7, 11) is 0. The highest BCUT2D eigenvalue weighted by molar-refractivity contribution is 5.80. The summed E-state index contributed by atoms with van der Waals surface area (Å²) >= 11 is 0. The maximum atomic E-state index is 12.9. The van der Waals surface area contributed by atoms with E-state index < -0.39 is 5.82 Å². The van der Waals surface area contributed by atoms with Crippen LogP contribution in [0.5, 0.6) is 11.5 Å². The molecule has 5 nitrogen and oxygen atoms in total. The Morgan fingerprint density at radius 3 is 2.64 bits per heavy atom. The van der Waals surface area contributed by atoms with E-state index in [0.717, 1.165) is 0 Å². The molecule has 0 amide bonds. The molecular weight excluding hydrogens is 327 g/mol. The number of hydrogen-bond donors (Lipinski definition) is 0. The van der Waals surface area contributed by atoms with E-state index in [2.05, 4.69) is 0 Å². The van der Waals surface area contributed by atoms with Crippen molar-refractivity contribution in [2.24, 2.45) is 0 Å². The van der Waals surface area contributed by atoms with Crippen LogP contribution in [0.15, 0.2) is 57.9 Å². The van der Waals surface area contributed by atoms with Crippen molar-refractivity contribution in [1.82, 2.24) is 0 Å². The fourth-order valence-electron chi connectivity index (χ4n) is 2.34. The van der Waals surface area contributed by atoms with Gasteiger partial charge in [0, 0.05) is 0 Å². The van der Waals surface area contributed by atoms with E-state index in [4.69, 9.17) is 13.9 Å². The molecule has 0 saturated heterocycles. The quantitative estimate of drug-likeness (QED) is 0.659. The molecule has 6 heteroatoms. The highest BCUT2D eigenvalue weighted by Crippen LogP contribution is 2.22. The minimum absolute atomic E-state index is 0.00255. The lowest BCUT2D eigenvalue weighted by molar-refractivity contribution is -0.142. The predicted octanol–water partition coefficient (Wildman–Crippen LogP) is 3.83. The molecule has 0 atom stereocenters. The average molecular weight is 342 g/mol. The molecule has 0 unspecified atom stereocenters. The first-order valence-corrected chi connectivity index (χ1v) is 7.70. The largest absolute Gasteiger partial charge is 0.466 e. The van der Waals surface area contributed by atoms with Crippen LogP contribution in [0.25, 0.3) is 11.0 Å². The summed E-state index contributed by atoms with van der Waals surface area (Å²) in [6.07, 6.45) is 1.30. The summed E-state index contributed by atoms with van der Waals surface area (Å²) < 4.78 is 28.7. The van der Waals surface area contributed by atoms with Crippen LogP contribution >= 0.6 is 0 Å². The number of carbonyl (C=O) groups is 1. The first-order valence-electron chi connectivity index (χ1n) is 7.70. The summed E-state index contributed by atoms with van der Waals surface area (Å²) in [6.45, 7) is 2.05. The summed E-state index contributed by atoms with van der Waals surface area (Å²) in [5.74, 6) is -0.420. The Labute approximate surface area is 142 Å². The van der Waals surface area contributed by atoms with Gasteiger partial charge >= 0.3 is 5.97 Å². The van der Waals surface area contributed by atoms with Gasteiger partial charge in [-0.2, -0.15) is 0 Å². The van der Waals surface area contributed by atoms with E-state index in [1.54, 1.807) is 25.1 Å². The zero-order valence-electron chi connectivity index (χ0n) is 13.5. The van der Waals surface area contributed by atoms with E-state index in [0.29, 0.717) is 28.9 Å². The Bertz CT molecular complexity index is 960. The molecule has 25 heavy (non-hydrogen) atoms. The normalized spacial score (nSPS) is 10.6. The van der Waals surface area contributed by atoms with Gasteiger partial charge < -0.3 is 13.9 Å². The lowest BCUT2D eigenvalue weighted by Gasteiger charge is -2.07. The minimum Gasteiger partial charge on any atom is -0.466 e. The van der Waals surface area contributed by atoms with Crippen LogP contribution in [0.4, 0.5) is 4.39 Å². The van der Waals surface area contributed by atoms with Gasteiger partial charge in [-0.15, -0.1) is 0 Å². The third-order valence-corrected chi connectivity index (χ3v) is 3.50. The lowest BCUT2D eigenvalue weighted by Crippen LogP contribution is -2.08. The molecule has 0 aliphatic heterocycles. The van der Waals surface area contributed by atoms with Gasteiger partial charge in [-0.25, -0.2) is 4.39 Å². The standard InChI is InChI=1S/C19H15FO5/c1-2-23-18(21)10-12-3-8-15-16(9-12)24-11-17(19(15)22)25-14-6-4-13(20)5-7-14/h3-9,11H,2,10H2,1H3. The Balaban J connectivity index is 1.88. The molecule has 3 rings (SSSR count). The van der Waals surface area contributed by atoms with Crippen LogP contribution < -0.4 is 10.2 Å². The number of halogens is 1. The zero-order chi connectivity index (χ0) is 17.8. The van der Waals surface area contributed by atoms with Gasteiger partial charge in [0.05, 0.1) is 18.4 Å². The topological polar surface area (TPSA) is 65.7 Å². The van der Waals surface area contributed by atoms with Crippen molar-refractivity contribution in [3.05, 3.63) is 70.3 Å². The highest BCUT2D eigenvalue weighted by Gasteiger charge is 2.11. The molecule has 0 saturated carbocycles. The molecule has 128 valence electrons. The van der Waals surface area contributed by atoms with Crippen molar-refractivity contribution in [3.63, 3.8) is 0 Å². The van der Waals surface area contributed by atoms with Gasteiger partial charge in [-0.3, -0.25) is 9.59 Å². The number of esters is 1. The van der Waals surface area contributed by atoms with Crippen molar-refractivity contribution < 1.29 is 23.1 Å². The SMILES string of the molecule is CCOC(=O)Cc1ccc2c(=O)c(Oc3ccc(F)cc3)coc2c1. The second kappa shape index (κ2) is 7.17. The highest BCUT2D eigenvalue weighted by atomic mass is 19.1. The van der Waals surface area contributed by atoms with Crippen LogP contribution in [-0.4, -0.2) is 12.6 Å². The van der Waals surface area contributed by atoms with E-state index in [1.165, 1.54) is 30.5 Å². The summed E-state index contributed by atoms with van der Waals surface area (Å²) in [5.41, 5.74) is 0.674. The van der Waals surface area contributed by atoms with Gasteiger partial charge in [0.1, 0.15) is 23.4 Å². The summed E-state index contributed by atoms with van der Waals surface area (Å²) in [5, 5.41) is 0.326. The maximum Gasteiger partial charge on any atom is 0.310 e. The number of fused-ring (bicyclic) bond motifs is 1. The zero-order valence-corrected chi connectivity index (χ0v) is 13.5. The average Bonchev–Trinajstić information content (AvgIpc) is 2.59. The molecule has 0 fully saturated rings. The molecule has 1 heterocycles. The number of hydrogen-bond acceptors (Lipinski definition) is 5. The van der Waals surface area contributed by atoms with Crippen molar-refractivity contribution in [1.29, 1.82) is 0 Å². The second-order valence-electron chi connectivity index (χ2n) is 5.30. The molecule has 3 aromatic rings. The molecule has 0 N–H and O–H groups in total. The number of rotatable bonds is 5. The van der Waals surface area contributed by atoms with E-state index in [1.807, 2.05) is 0 Å². The summed E-state index contributed by atoms with van der Waals surface area (Å²) in [6, 6.07) is 10.2. The first-order chi connectivity index (χ1) is 12.1. The Morgan fingerprint density at radius 2 is 1.92 bits per heavy atom. The fraction of sp³-hybridized carbons (Fsp3) is 0.158. The van der Waals surface area contributed by atoms with Crippen molar-refractivity contribution >= 4 is 16.9 Å². The molecule has 2 aromatic carbocycles. The van der Waals surface area contributed by atoms with Crippen molar-refractivity contribution in [3.8, 4) is 11.5 Å². The van der Waals surface area contributed by atoms with E-state index in [9.17, 15) is 14.0 Å². The maximum absolute atomic E-state index is 12.9. The van der Waals surface area contributed by atoms with Gasteiger partial charge in [-0.1, -0.05) is 6.07 Å². The van der Waals surface area contributed by atoms with E-state index >= 15 is 0 Å². The molecular formula is C19H15FO5. The van der Waals surface area contributed by atoms with Crippen LogP contribution in [0.2, 0.25) is 0 Å². The Kier molecular flexibility index (Phi) is 4.79. The second-order valence-corrected chi connectivity index (χ2v) is 5.30. The van der Waals surface area contributed by atoms with Crippen LogP contribution in [0, 0.1) is 5.82 Å². The third-order valence-electron chi connectivity index (χ3n) is 3.50. The van der Waals surface area contributed by atoms with Crippen molar-refractivity contribution in [2.75, 3.05) is 6.61 Å². The number of ether oxygens (including phenoxy) is 2. The van der Waals surface area contributed by atoms with Gasteiger partial charge in [0.25, 0.3) is 0 Å². The molecule has 0 radical (unpaired) electrons. The van der Waals surface area contributed by atoms with Gasteiger partial charge in [0.2, 0.25) is 11.2 Å². The molecule has 0 aliphatic carbocycles. The van der Waals surface area contributed by atoms with Crippen molar-refractivity contribution in [2.45, 2.75) is 13.3 Å². The summed E-state index contributed by atoms with van der Waals surface area (Å²) in [4.78, 5) is 24.0. The molecule has 0 spiro atoms. The smallest absolute Gasteiger partial charge is 0.310 e. The number of benzene rings is 2. The fourth-order valence-corrected chi connectivity index (χ4v) is 2.34. The van der Waals surface area contributed by atoms with Crippen LogP contribution in [0.1, 0.15) is 12.5 Å². The number of carbonyl (C=O) groups excluding carboxylic acids is 1. The van der Waals surface area contributed by atoms with Gasteiger partial charge in [0.15, 0.2) is 0 Å². The molecule has 0 aliphatic rings. The third kappa shape index (κ3) is 3.85. The first kappa shape index (κ1) is 16.7. The monoisotopic (exact) mass is 342 g/mol. The Hall–Kier alpha value is -3.15. The van der Waals surface area contributed by atoms with Gasteiger partial charge in [-0.05, 0) is 48.9 Å². The van der Waals surface area contributed by atoms with Crippen LogP contribution in [0.3, 0.4) is 0 Å². The lowest BCUT2D eigenvalue weighted by atomic mass is 10.1. The Morgan fingerprint density at radius 1 is 1.16 bits per heavy atom. The predicted molar refractivity (Wildman–Crippen MR) is 89.3 cm³/mol. The minimum atomic E-state index is -0.396. The van der Waals surface area contributed by atoms with Crippen LogP contribution in [-0.2, 0) is 16.0 Å². The van der Waals surface area contributed by atoms with E-state index in [-0.39, 0.29) is 23.6 Å².